The largest absolute Gasteiger partial charge is 0.481 e. The third-order valence-corrected chi connectivity index (χ3v) is 3.26. The number of nitrogens with zero attached hydrogens (tertiary/aromatic N) is 1. The second-order valence-corrected chi connectivity index (χ2v) is 5.25. The second kappa shape index (κ2) is 5.90. The first-order chi connectivity index (χ1) is 8.75. The fourth-order valence-electron chi connectivity index (χ4n) is 1.96. The first kappa shape index (κ1) is 15.3. The van der Waals surface area contributed by atoms with Crippen LogP contribution in [0.1, 0.15) is 33.6 Å². The molecule has 1 aliphatic rings. The van der Waals surface area contributed by atoms with Crippen LogP contribution in [-0.4, -0.2) is 52.6 Å². The van der Waals surface area contributed by atoms with Gasteiger partial charge in [-0.05, 0) is 27.2 Å². The van der Waals surface area contributed by atoms with Crippen LogP contribution in [0.15, 0.2) is 0 Å². The van der Waals surface area contributed by atoms with Crippen molar-refractivity contribution in [2.75, 3.05) is 13.1 Å². The lowest BCUT2D eigenvalue weighted by atomic mass is 9.99. The van der Waals surface area contributed by atoms with Gasteiger partial charge in [0.2, 0.25) is 5.91 Å². The van der Waals surface area contributed by atoms with Crippen LogP contribution in [0.5, 0.6) is 0 Å². The third kappa shape index (κ3) is 3.84. The Labute approximate surface area is 112 Å². The summed E-state index contributed by atoms with van der Waals surface area (Å²) in [7, 11) is 0. The van der Waals surface area contributed by atoms with Gasteiger partial charge in [-0.25, -0.2) is 4.79 Å². The highest BCUT2D eigenvalue weighted by Crippen LogP contribution is 2.17. The molecule has 7 nitrogen and oxygen atoms in total. The van der Waals surface area contributed by atoms with E-state index < -0.39 is 11.5 Å². The van der Waals surface area contributed by atoms with Crippen LogP contribution < -0.4 is 10.6 Å². The minimum atomic E-state index is -0.894. The van der Waals surface area contributed by atoms with E-state index in [0.717, 1.165) is 0 Å². The molecule has 0 bridgehead atoms. The number of rotatable bonds is 4. The molecule has 0 radical (unpaired) electrons. The smallest absolute Gasteiger partial charge is 0.318 e. The van der Waals surface area contributed by atoms with E-state index in [9.17, 15) is 14.4 Å². The van der Waals surface area contributed by atoms with E-state index in [4.69, 9.17) is 5.11 Å². The number of urea groups is 1. The number of carbonyl (C=O) groups excluding carboxylic acids is 2. The minimum Gasteiger partial charge on any atom is -0.481 e. The molecular weight excluding hydrogens is 250 g/mol. The number of nitrogens with one attached hydrogen (secondary N) is 2. The van der Waals surface area contributed by atoms with E-state index in [-0.39, 0.29) is 24.4 Å². The summed E-state index contributed by atoms with van der Waals surface area (Å²) in [5.74, 6) is -1.08. The molecule has 0 saturated carbocycles. The molecule has 1 fully saturated rings. The van der Waals surface area contributed by atoms with Crippen LogP contribution in [0.2, 0.25) is 0 Å². The van der Waals surface area contributed by atoms with Crippen LogP contribution >= 0.6 is 0 Å². The molecule has 1 aliphatic heterocycles. The molecular formula is C12H21N3O4. The molecule has 0 spiro atoms. The maximum Gasteiger partial charge on any atom is 0.318 e. The molecule has 0 aromatic heterocycles. The van der Waals surface area contributed by atoms with Gasteiger partial charge in [-0.1, -0.05) is 0 Å². The number of aliphatic carboxylic acids is 1. The monoisotopic (exact) mass is 271 g/mol. The number of hydrogen-bond acceptors (Lipinski definition) is 3. The lowest BCUT2D eigenvalue weighted by Gasteiger charge is -2.41. The minimum absolute atomic E-state index is 0.00528. The SMILES string of the molecule is CC(CCC(=O)O)NC(=O)N1CCNC(=O)C1(C)C. The second-order valence-electron chi connectivity index (χ2n) is 5.25. The fraction of sp³-hybridized carbons (Fsp3) is 0.750. The van der Waals surface area contributed by atoms with E-state index in [1.54, 1.807) is 20.8 Å². The molecule has 1 rings (SSSR count). The molecule has 0 aromatic rings. The van der Waals surface area contributed by atoms with Gasteiger partial charge >= 0.3 is 12.0 Å². The number of carboxylic acid groups (broad SMARTS) is 1. The standard InChI is InChI=1S/C12H21N3O4/c1-8(4-5-9(16)17)14-11(19)15-7-6-13-10(18)12(15,2)3/h8H,4-7H2,1-3H3,(H,13,18)(H,14,19)(H,16,17). The Bertz CT molecular complexity index is 381. The summed E-state index contributed by atoms with van der Waals surface area (Å²) in [4.78, 5) is 35.8. The molecule has 1 heterocycles. The van der Waals surface area contributed by atoms with Gasteiger partial charge in [-0.15, -0.1) is 0 Å². The Hall–Kier alpha value is -1.79. The highest BCUT2D eigenvalue weighted by atomic mass is 16.4. The van der Waals surface area contributed by atoms with Crippen molar-refractivity contribution in [2.24, 2.45) is 0 Å². The van der Waals surface area contributed by atoms with Crippen LogP contribution in [0.25, 0.3) is 0 Å². The topological polar surface area (TPSA) is 98.7 Å². The number of hydrogen-bond donors (Lipinski definition) is 3. The molecule has 108 valence electrons. The van der Waals surface area contributed by atoms with E-state index in [1.807, 2.05) is 0 Å². The summed E-state index contributed by atoms with van der Waals surface area (Å²) in [6, 6.07) is -0.581. The van der Waals surface area contributed by atoms with Crippen LogP contribution in [0.4, 0.5) is 4.79 Å². The summed E-state index contributed by atoms with van der Waals surface area (Å²) in [6.45, 7) is 5.99. The quantitative estimate of drug-likeness (QED) is 0.678. The lowest BCUT2D eigenvalue weighted by molar-refractivity contribution is -0.137. The number of piperazine rings is 1. The van der Waals surface area contributed by atoms with Gasteiger partial charge in [-0.3, -0.25) is 9.59 Å². The average molecular weight is 271 g/mol. The third-order valence-electron chi connectivity index (χ3n) is 3.26. The van der Waals surface area contributed by atoms with Crippen molar-refractivity contribution in [3.63, 3.8) is 0 Å². The van der Waals surface area contributed by atoms with Crippen molar-refractivity contribution >= 4 is 17.9 Å². The lowest BCUT2D eigenvalue weighted by Crippen LogP contribution is -2.65. The molecule has 0 aromatic carbocycles. The van der Waals surface area contributed by atoms with E-state index >= 15 is 0 Å². The maximum atomic E-state index is 12.1. The van der Waals surface area contributed by atoms with E-state index in [0.29, 0.717) is 19.5 Å². The van der Waals surface area contributed by atoms with Gasteiger partial charge in [0.25, 0.3) is 0 Å². The zero-order valence-electron chi connectivity index (χ0n) is 11.5. The zero-order chi connectivity index (χ0) is 14.6. The maximum absolute atomic E-state index is 12.1. The Morgan fingerprint density at radius 3 is 2.74 bits per heavy atom. The van der Waals surface area contributed by atoms with Crippen molar-refractivity contribution in [2.45, 2.75) is 45.2 Å². The van der Waals surface area contributed by atoms with Crippen LogP contribution in [-0.2, 0) is 9.59 Å². The van der Waals surface area contributed by atoms with Crippen molar-refractivity contribution < 1.29 is 19.5 Å². The molecule has 0 aliphatic carbocycles. The van der Waals surface area contributed by atoms with Crippen molar-refractivity contribution in [3.05, 3.63) is 0 Å². The van der Waals surface area contributed by atoms with Crippen molar-refractivity contribution in [1.29, 1.82) is 0 Å². The van der Waals surface area contributed by atoms with Gasteiger partial charge in [0.1, 0.15) is 5.54 Å². The predicted octanol–water partition coefficient (Wildman–Crippen LogP) is 0.160. The van der Waals surface area contributed by atoms with Crippen LogP contribution in [0.3, 0.4) is 0 Å². The highest BCUT2D eigenvalue weighted by Gasteiger charge is 2.40. The van der Waals surface area contributed by atoms with Gasteiger partial charge in [0.05, 0.1) is 0 Å². The highest BCUT2D eigenvalue weighted by molar-refractivity contribution is 5.91. The van der Waals surface area contributed by atoms with E-state index in [2.05, 4.69) is 10.6 Å². The number of carbonyl (C=O) groups is 3. The number of carboxylic acids is 1. The molecule has 1 unspecified atom stereocenters. The molecule has 1 saturated heterocycles. The Morgan fingerprint density at radius 1 is 1.53 bits per heavy atom. The Kier molecular flexibility index (Phi) is 4.74. The van der Waals surface area contributed by atoms with E-state index in [1.165, 1.54) is 4.90 Å². The average Bonchev–Trinajstić information content (AvgIpc) is 2.29. The van der Waals surface area contributed by atoms with Crippen molar-refractivity contribution in [3.8, 4) is 0 Å². The van der Waals surface area contributed by atoms with Crippen molar-refractivity contribution in [1.82, 2.24) is 15.5 Å². The molecule has 1 atom stereocenters. The normalized spacial score (nSPS) is 19.5. The fourth-order valence-corrected chi connectivity index (χ4v) is 1.96. The summed E-state index contributed by atoms with van der Waals surface area (Å²) >= 11 is 0. The summed E-state index contributed by atoms with van der Waals surface area (Å²) in [6.07, 6.45) is 0.368. The first-order valence-electron chi connectivity index (χ1n) is 6.33. The molecule has 3 N–H and O–H groups in total. The molecule has 7 heteroatoms. The summed E-state index contributed by atoms with van der Waals surface area (Å²) in [5.41, 5.74) is -0.894. The molecule has 3 amide bonds. The van der Waals surface area contributed by atoms with Gasteiger partial charge in [-0.2, -0.15) is 0 Å². The van der Waals surface area contributed by atoms with Gasteiger partial charge in [0, 0.05) is 25.6 Å². The van der Waals surface area contributed by atoms with Crippen LogP contribution in [0, 0.1) is 0 Å². The first-order valence-corrected chi connectivity index (χ1v) is 6.33. The molecule has 19 heavy (non-hydrogen) atoms. The van der Waals surface area contributed by atoms with Gasteiger partial charge in [0.15, 0.2) is 0 Å². The zero-order valence-corrected chi connectivity index (χ0v) is 11.5. The van der Waals surface area contributed by atoms with Gasteiger partial charge < -0.3 is 20.6 Å². The Balaban J connectivity index is 2.57. The Morgan fingerprint density at radius 2 is 2.16 bits per heavy atom. The predicted molar refractivity (Wildman–Crippen MR) is 68.7 cm³/mol. The summed E-state index contributed by atoms with van der Waals surface area (Å²) in [5, 5.41) is 14.0. The number of amides is 3. The summed E-state index contributed by atoms with van der Waals surface area (Å²) < 4.78 is 0.